The Balaban J connectivity index is 2.30. The van der Waals surface area contributed by atoms with Gasteiger partial charge in [0.25, 0.3) is 0 Å². The zero-order valence-electron chi connectivity index (χ0n) is 18.2. The molecule has 0 radical (unpaired) electrons. The summed E-state index contributed by atoms with van der Waals surface area (Å²) in [5.41, 5.74) is 1.97. The van der Waals surface area contributed by atoms with Crippen LogP contribution >= 0.6 is 0 Å². The third kappa shape index (κ3) is 5.28. The van der Waals surface area contributed by atoms with Gasteiger partial charge in [-0.1, -0.05) is 12.2 Å². The first-order chi connectivity index (χ1) is 14.0. The van der Waals surface area contributed by atoms with Crippen molar-refractivity contribution >= 4 is 6.08 Å². The van der Waals surface area contributed by atoms with Crippen molar-refractivity contribution in [2.75, 3.05) is 35.5 Å². The molecule has 6 heteroatoms. The molecule has 2 rings (SSSR count). The van der Waals surface area contributed by atoms with E-state index in [-0.39, 0.29) is 6.10 Å². The third-order valence-electron chi connectivity index (χ3n) is 4.41. The van der Waals surface area contributed by atoms with Crippen molar-refractivity contribution in [2.45, 2.75) is 26.4 Å². The van der Waals surface area contributed by atoms with Crippen molar-refractivity contribution in [1.82, 2.24) is 0 Å². The van der Waals surface area contributed by atoms with E-state index in [4.69, 9.17) is 28.4 Å². The minimum atomic E-state index is -0.159. The standard InChI is InChI=1S/C23H30O6/c1-8-9-16-11-20(26-5)23(21(12-16)27-6)29-15(2)10-17-13-18(24-3)22(28-7)19(14-17)25-4/h8-9,11-15H,10H2,1-7H3/t15-/m0/s1. The maximum absolute atomic E-state index is 6.21. The van der Waals surface area contributed by atoms with Crippen LogP contribution < -0.4 is 28.4 Å². The molecule has 0 amide bonds. The molecular formula is C23H30O6. The van der Waals surface area contributed by atoms with Crippen LogP contribution in [0.5, 0.6) is 34.5 Å². The number of hydrogen-bond donors (Lipinski definition) is 0. The fraction of sp³-hybridized carbons (Fsp3) is 0.391. The minimum Gasteiger partial charge on any atom is -0.493 e. The second-order valence-corrected chi connectivity index (χ2v) is 6.42. The third-order valence-corrected chi connectivity index (χ3v) is 4.41. The molecule has 0 fully saturated rings. The molecule has 6 nitrogen and oxygen atoms in total. The van der Waals surface area contributed by atoms with E-state index in [0.717, 1.165) is 11.1 Å². The SMILES string of the molecule is CC=Cc1cc(OC)c(O[C@@H](C)Cc2cc(OC)c(OC)c(OC)c2)c(OC)c1. The predicted octanol–water partition coefficient (Wildman–Crippen LogP) is 4.77. The number of benzene rings is 2. The van der Waals surface area contributed by atoms with Gasteiger partial charge in [-0.25, -0.2) is 0 Å². The van der Waals surface area contributed by atoms with Gasteiger partial charge in [0, 0.05) is 6.42 Å². The van der Waals surface area contributed by atoms with Gasteiger partial charge in [0.15, 0.2) is 23.0 Å². The Morgan fingerprint density at radius 1 is 0.724 bits per heavy atom. The van der Waals surface area contributed by atoms with Gasteiger partial charge >= 0.3 is 0 Å². The first kappa shape index (κ1) is 22.3. The summed E-state index contributed by atoms with van der Waals surface area (Å²) in [6.07, 6.45) is 4.41. The number of hydrogen-bond acceptors (Lipinski definition) is 6. The number of rotatable bonds is 10. The van der Waals surface area contributed by atoms with E-state index in [2.05, 4.69) is 0 Å². The molecule has 1 atom stereocenters. The van der Waals surface area contributed by atoms with E-state index in [1.54, 1.807) is 35.5 Å². The number of ether oxygens (including phenoxy) is 6. The molecule has 29 heavy (non-hydrogen) atoms. The summed E-state index contributed by atoms with van der Waals surface area (Å²) in [6.45, 7) is 3.95. The molecule has 0 spiro atoms. The lowest BCUT2D eigenvalue weighted by molar-refractivity contribution is 0.201. The Kier molecular flexibility index (Phi) is 8.07. The van der Waals surface area contributed by atoms with E-state index in [1.165, 1.54) is 0 Å². The molecule has 0 aromatic heterocycles. The molecule has 2 aromatic rings. The van der Waals surface area contributed by atoms with Gasteiger partial charge in [0.1, 0.15) is 6.10 Å². The average Bonchev–Trinajstić information content (AvgIpc) is 2.73. The molecule has 0 saturated heterocycles. The fourth-order valence-electron chi connectivity index (χ4n) is 3.13. The zero-order chi connectivity index (χ0) is 21.4. The lowest BCUT2D eigenvalue weighted by Gasteiger charge is -2.21. The predicted molar refractivity (Wildman–Crippen MR) is 114 cm³/mol. The topological polar surface area (TPSA) is 55.4 Å². The van der Waals surface area contributed by atoms with Crippen LogP contribution in [0.15, 0.2) is 30.3 Å². The Hall–Kier alpha value is -3.02. The van der Waals surface area contributed by atoms with Crippen LogP contribution in [0.4, 0.5) is 0 Å². The second kappa shape index (κ2) is 10.5. The van der Waals surface area contributed by atoms with Crippen molar-refractivity contribution in [3.05, 3.63) is 41.5 Å². The summed E-state index contributed by atoms with van der Waals surface area (Å²) in [6, 6.07) is 7.68. The molecule has 158 valence electrons. The molecule has 0 aliphatic carbocycles. The van der Waals surface area contributed by atoms with Crippen LogP contribution in [0.3, 0.4) is 0 Å². The molecular weight excluding hydrogens is 372 g/mol. The van der Waals surface area contributed by atoms with Crippen LogP contribution in [-0.2, 0) is 6.42 Å². The molecule has 0 bridgehead atoms. The molecule has 0 aliphatic heterocycles. The van der Waals surface area contributed by atoms with Crippen molar-refractivity contribution < 1.29 is 28.4 Å². The largest absolute Gasteiger partial charge is 0.493 e. The Bertz CT molecular complexity index is 793. The maximum atomic E-state index is 6.21. The van der Waals surface area contributed by atoms with Crippen molar-refractivity contribution in [2.24, 2.45) is 0 Å². The maximum Gasteiger partial charge on any atom is 0.203 e. The van der Waals surface area contributed by atoms with Crippen LogP contribution in [0.1, 0.15) is 25.0 Å². The van der Waals surface area contributed by atoms with Gasteiger partial charge in [0.05, 0.1) is 35.5 Å². The summed E-state index contributed by atoms with van der Waals surface area (Å²) in [5.74, 6) is 3.60. The second-order valence-electron chi connectivity index (χ2n) is 6.42. The van der Waals surface area contributed by atoms with Gasteiger partial charge in [-0.15, -0.1) is 0 Å². The fourth-order valence-corrected chi connectivity index (χ4v) is 3.13. The highest BCUT2D eigenvalue weighted by Gasteiger charge is 2.19. The monoisotopic (exact) mass is 402 g/mol. The lowest BCUT2D eigenvalue weighted by atomic mass is 10.1. The van der Waals surface area contributed by atoms with Crippen molar-refractivity contribution in [1.29, 1.82) is 0 Å². The summed E-state index contributed by atoms with van der Waals surface area (Å²) >= 11 is 0. The van der Waals surface area contributed by atoms with Crippen molar-refractivity contribution in [3.8, 4) is 34.5 Å². The Morgan fingerprint density at radius 2 is 1.21 bits per heavy atom. The van der Waals surface area contributed by atoms with E-state index in [9.17, 15) is 0 Å². The zero-order valence-corrected chi connectivity index (χ0v) is 18.2. The average molecular weight is 402 g/mol. The summed E-state index contributed by atoms with van der Waals surface area (Å²) in [5, 5.41) is 0. The minimum absolute atomic E-state index is 0.159. The number of methoxy groups -OCH3 is 5. The van der Waals surface area contributed by atoms with Crippen LogP contribution in [0.25, 0.3) is 6.08 Å². The smallest absolute Gasteiger partial charge is 0.203 e. The molecule has 0 unspecified atom stereocenters. The first-order valence-electron chi connectivity index (χ1n) is 9.35. The van der Waals surface area contributed by atoms with Gasteiger partial charge in [-0.05, 0) is 49.2 Å². The first-order valence-corrected chi connectivity index (χ1v) is 9.35. The van der Waals surface area contributed by atoms with Gasteiger partial charge in [-0.2, -0.15) is 0 Å². The highest BCUT2D eigenvalue weighted by Crippen LogP contribution is 2.41. The van der Waals surface area contributed by atoms with Crippen LogP contribution in [-0.4, -0.2) is 41.7 Å². The number of allylic oxidation sites excluding steroid dienone is 1. The summed E-state index contributed by atoms with van der Waals surface area (Å²) < 4.78 is 33.5. The van der Waals surface area contributed by atoms with Gasteiger partial charge in [-0.3, -0.25) is 0 Å². The van der Waals surface area contributed by atoms with E-state index < -0.39 is 0 Å². The van der Waals surface area contributed by atoms with E-state index in [0.29, 0.717) is 40.9 Å². The van der Waals surface area contributed by atoms with E-state index >= 15 is 0 Å². The molecule has 2 aromatic carbocycles. The quantitative estimate of drug-likeness (QED) is 0.570. The molecule has 0 saturated carbocycles. The van der Waals surface area contributed by atoms with Gasteiger partial charge in [0.2, 0.25) is 11.5 Å². The van der Waals surface area contributed by atoms with Crippen LogP contribution in [0.2, 0.25) is 0 Å². The van der Waals surface area contributed by atoms with Crippen LogP contribution in [0, 0.1) is 0 Å². The normalized spacial score (nSPS) is 11.8. The highest BCUT2D eigenvalue weighted by molar-refractivity contribution is 5.62. The molecule has 0 heterocycles. The van der Waals surface area contributed by atoms with E-state index in [1.807, 2.05) is 50.3 Å². The summed E-state index contributed by atoms with van der Waals surface area (Å²) in [7, 11) is 8.02. The Labute approximate surface area is 172 Å². The summed E-state index contributed by atoms with van der Waals surface area (Å²) in [4.78, 5) is 0. The lowest BCUT2D eigenvalue weighted by Crippen LogP contribution is -2.16. The van der Waals surface area contributed by atoms with Crippen molar-refractivity contribution in [3.63, 3.8) is 0 Å². The highest BCUT2D eigenvalue weighted by atomic mass is 16.5. The molecule has 0 N–H and O–H groups in total. The Morgan fingerprint density at radius 3 is 1.62 bits per heavy atom. The molecule has 0 aliphatic rings. The van der Waals surface area contributed by atoms with Gasteiger partial charge < -0.3 is 28.4 Å².